The summed E-state index contributed by atoms with van der Waals surface area (Å²) < 4.78 is 10.9. The lowest BCUT2D eigenvalue weighted by molar-refractivity contribution is -0.119. The summed E-state index contributed by atoms with van der Waals surface area (Å²) in [6, 6.07) is 12.0. The molecule has 7 nitrogen and oxygen atoms in total. The number of anilines is 2. The van der Waals surface area contributed by atoms with Crippen LogP contribution in [0.15, 0.2) is 36.4 Å². The second-order valence-electron chi connectivity index (χ2n) is 9.78. The summed E-state index contributed by atoms with van der Waals surface area (Å²) in [5.74, 6) is 1.44. The lowest BCUT2D eigenvalue weighted by atomic mass is 9.82. The van der Waals surface area contributed by atoms with E-state index in [1.807, 2.05) is 30.3 Å². The molecule has 2 heterocycles. The number of benzene rings is 2. The highest BCUT2D eigenvalue weighted by Crippen LogP contribution is 2.51. The number of carbonyl (C=O) groups excluding carboxylic acids is 2. The van der Waals surface area contributed by atoms with E-state index in [2.05, 4.69) is 35.9 Å². The Hall–Kier alpha value is -3.22. The van der Waals surface area contributed by atoms with E-state index in [1.165, 1.54) is 12.5 Å². The maximum Gasteiger partial charge on any atom is 0.235 e. The van der Waals surface area contributed by atoms with Crippen LogP contribution in [0.2, 0.25) is 0 Å². The molecule has 0 spiro atoms. The molecule has 1 fully saturated rings. The second kappa shape index (κ2) is 7.43. The van der Waals surface area contributed by atoms with Crippen LogP contribution in [0.4, 0.5) is 11.4 Å². The number of amides is 2. The number of nitrogens with one attached hydrogen (secondary N) is 3. The van der Waals surface area contributed by atoms with Crippen LogP contribution in [0.3, 0.4) is 0 Å². The molecule has 7 heteroatoms. The highest BCUT2D eigenvalue weighted by molar-refractivity contribution is 6.01. The van der Waals surface area contributed by atoms with E-state index in [0.29, 0.717) is 12.3 Å². The van der Waals surface area contributed by atoms with Crippen molar-refractivity contribution in [3.63, 3.8) is 0 Å². The zero-order chi connectivity index (χ0) is 22.5. The molecule has 5 rings (SSSR count). The first-order chi connectivity index (χ1) is 15.3. The van der Waals surface area contributed by atoms with Crippen molar-refractivity contribution >= 4 is 23.2 Å². The predicted octanol–water partition coefficient (Wildman–Crippen LogP) is 3.58. The van der Waals surface area contributed by atoms with Gasteiger partial charge in [-0.25, -0.2) is 0 Å². The molecule has 2 aliphatic heterocycles. The van der Waals surface area contributed by atoms with Crippen molar-refractivity contribution in [2.45, 2.75) is 51.5 Å². The van der Waals surface area contributed by atoms with E-state index in [0.717, 1.165) is 42.0 Å². The summed E-state index contributed by atoms with van der Waals surface area (Å²) in [4.78, 5) is 24.6. The number of ether oxygens (including phenoxy) is 2. The van der Waals surface area contributed by atoms with Gasteiger partial charge in [0.2, 0.25) is 18.6 Å². The van der Waals surface area contributed by atoms with Crippen LogP contribution in [-0.2, 0) is 21.4 Å². The predicted molar refractivity (Wildman–Crippen MR) is 122 cm³/mol. The monoisotopic (exact) mass is 435 g/mol. The van der Waals surface area contributed by atoms with Crippen molar-refractivity contribution in [2.75, 3.05) is 24.0 Å². The van der Waals surface area contributed by atoms with E-state index < -0.39 is 5.41 Å². The molecule has 0 unspecified atom stereocenters. The standard InChI is InChI=1S/C25H29N3O4/c1-15(29)26-13-24(2,3)22-11-16-10-18(5-6-19(16)28-22)27-23(30)25(8-9-25)17-4-7-20-21(12-17)32-14-31-20/h4-7,10,12,22,28H,8-9,11,13-14H2,1-3H3,(H,26,29)(H,27,30)/t22-/m0/s1. The lowest BCUT2D eigenvalue weighted by Crippen LogP contribution is -2.43. The number of fused-ring (bicyclic) bond motifs is 2. The quantitative estimate of drug-likeness (QED) is 0.645. The fourth-order valence-electron chi connectivity index (χ4n) is 4.60. The second-order valence-corrected chi connectivity index (χ2v) is 9.78. The first kappa shape index (κ1) is 20.7. The Kier molecular flexibility index (Phi) is 4.80. The normalized spacial score (nSPS) is 19.7. The molecule has 1 atom stereocenters. The number of hydrogen-bond acceptors (Lipinski definition) is 5. The molecule has 0 bridgehead atoms. The Balaban J connectivity index is 1.28. The zero-order valence-corrected chi connectivity index (χ0v) is 18.7. The molecule has 2 amide bonds. The average molecular weight is 436 g/mol. The molecule has 3 aliphatic rings. The van der Waals surface area contributed by atoms with Crippen molar-refractivity contribution in [2.24, 2.45) is 5.41 Å². The van der Waals surface area contributed by atoms with Crippen molar-refractivity contribution in [1.82, 2.24) is 5.32 Å². The van der Waals surface area contributed by atoms with E-state index in [-0.39, 0.29) is 30.1 Å². The topological polar surface area (TPSA) is 88.7 Å². The van der Waals surface area contributed by atoms with Gasteiger partial charge in [-0.1, -0.05) is 19.9 Å². The molecule has 32 heavy (non-hydrogen) atoms. The van der Waals surface area contributed by atoms with Crippen molar-refractivity contribution in [3.05, 3.63) is 47.5 Å². The number of rotatable bonds is 6. The van der Waals surface area contributed by atoms with Crippen LogP contribution < -0.4 is 25.4 Å². The van der Waals surface area contributed by atoms with Gasteiger partial charge in [-0.05, 0) is 60.7 Å². The van der Waals surface area contributed by atoms with Gasteiger partial charge >= 0.3 is 0 Å². The van der Waals surface area contributed by atoms with Gasteiger partial charge in [0.1, 0.15) is 0 Å². The molecule has 2 aromatic rings. The highest BCUT2D eigenvalue weighted by Gasteiger charge is 2.51. The van der Waals surface area contributed by atoms with Crippen LogP contribution in [-0.4, -0.2) is 31.2 Å². The summed E-state index contributed by atoms with van der Waals surface area (Å²) in [7, 11) is 0. The molecule has 0 saturated heterocycles. The molecule has 1 saturated carbocycles. The zero-order valence-electron chi connectivity index (χ0n) is 18.7. The van der Waals surface area contributed by atoms with Gasteiger partial charge < -0.3 is 25.4 Å². The van der Waals surface area contributed by atoms with Gasteiger partial charge in [-0.15, -0.1) is 0 Å². The van der Waals surface area contributed by atoms with Crippen molar-refractivity contribution < 1.29 is 19.1 Å². The van der Waals surface area contributed by atoms with E-state index in [9.17, 15) is 9.59 Å². The molecule has 3 N–H and O–H groups in total. The molecule has 0 aromatic heterocycles. The first-order valence-corrected chi connectivity index (χ1v) is 11.1. The van der Waals surface area contributed by atoms with Gasteiger partial charge in [-0.2, -0.15) is 0 Å². The Bertz CT molecular complexity index is 1090. The van der Waals surface area contributed by atoms with Crippen molar-refractivity contribution in [3.8, 4) is 11.5 Å². The fourth-order valence-corrected chi connectivity index (χ4v) is 4.60. The summed E-state index contributed by atoms with van der Waals surface area (Å²) in [5.41, 5.74) is 3.44. The Morgan fingerprint density at radius 3 is 2.66 bits per heavy atom. The number of carbonyl (C=O) groups is 2. The van der Waals surface area contributed by atoms with Gasteiger partial charge in [0.05, 0.1) is 5.41 Å². The minimum Gasteiger partial charge on any atom is -0.454 e. The summed E-state index contributed by atoms with van der Waals surface area (Å²) in [6.45, 7) is 6.67. The molecule has 2 aromatic carbocycles. The molecule has 168 valence electrons. The Morgan fingerprint density at radius 1 is 1.12 bits per heavy atom. The Labute approximate surface area is 187 Å². The third-order valence-electron chi connectivity index (χ3n) is 6.96. The van der Waals surface area contributed by atoms with Crippen LogP contribution >= 0.6 is 0 Å². The van der Waals surface area contributed by atoms with Crippen molar-refractivity contribution in [1.29, 1.82) is 0 Å². The van der Waals surface area contributed by atoms with E-state index in [1.54, 1.807) is 0 Å². The highest BCUT2D eigenvalue weighted by atomic mass is 16.7. The lowest BCUT2D eigenvalue weighted by Gasteiger charge is -2.32. The smallest absolute Gasteiger partial charge is 0.235 e. The van der Waals surface area contributed by atoms with Gasteiger partial charge in [0, 0.05) is 36.3 Å². The van der Waals surface area contributed by atoms with Crippen LogP contribution in [0.5, 0.6) is 11.5 Å². The Morgan fingerprint density at radius 2 is 1.91 bits per heavy atom. The van der Waals surface area contributed by atoms with Gasteiger partial charge in [0.15, 0.2) is 11.5 Å². The minimum atomic E-state index is -0.499. The van der Waals surface area contributed by atoms with Crippen LogP contribution in [0.1, 0.15) is 44.7 Å². The largest absolute Gasteiger partial charge is 0.454 e. The van der Waals surface area contributed by atoms with Crippen LogP contribution in [0.25, 0.3) is 0 Å². The third-order valence-corrected chi connectivity index (χ3v) is 6.96. The summed E-state index contributed by atoms with van der Waals surface area (Å²) in [6.07, 6.45) is 2.49. The third kappa shape index (κ3) is 3.66. The maximum atomic E-state index is 13.2. The molecular formula is C25H29N3O4. The molecular weight excluding hydrogens is 406 g/mol. The van der Waals surface area contributed by atoms with E-state index >= 15 is 0 Å². The summed E-state index contributed by atoms with van der Waals surface area (Å²) in [5, 5.41) is 9.65. The fraction of sp³-hybridized carbons (Fsp3) is 0.440. The minimum absolute atomic E-state index is 0.0183. The number of hydrogen-bond donors (Lipinski definition) is 3. The average Bonchev–Trinajstić information content (AvgIpc) is 3.24. The first-order valence-electron chi connectivity index (χ1n) is 11.1. The SMILES string of the molecule is CC(=O)NCC(C)(C)[C@@H]1Cc2cc(NC(=O)C3(c4ccc5c(c4)OCO5)CC3)ccc2N1. The van der Waals surface area contributed by atoms with Gasteiger partial charge in [-0.3, -0.25) is 9.59 Å². The van der Waals surface area contributed by atoms with Crippen LogP contribution in [0, 0.1) is 5.41 Å². The van der Waals surface area contributed by atoms with E-state index in [4.69, 9.17) is 9.47 Å². The molecule has 1 aliphatic carbocycles. The molecule has 0 radical (unpaired) electrons. The van der Waals surface area contributed by atoms with Gasteiger partial charge in [0.25, 0.3) is 0 Å². The summed E-state index contributed by atoms with van der Waals surface area (Å²) >= 11 is 0. The maximum absolute atomic E-state index is 13.2.